The van der Waals surface area contributed by atoms with Crippen LogP contribution in [-0.4, -0.2) is 44.9 Å². The van der Waals surface area contributed by atoms with Crippen LogP contribution in [0.4, 0.5) is 11.4 Å². The van der Waals surface area contributed by atoms with Crippen LogP contribution in [0, 0.1) is 5.92 Å². The number of nitrogens with two attached hydrogens (primary N) is 1. The molecule has 1 unspecified atom stereocenters. The summed E-state index contributed by atoms with van der Waals surface area (Å²) in [5.41, 5.74) is 6.60. The standard InChI is InChI=1S/C21H26Cl2N4O3S/c1-14-7-9-27(10-8-14)21(28)19(13-25-15-5-3-2-4-6-15)26-31(29,30)16-11-17(22)20(24)18(23)12-16/h2-6,11-12,14,19,25-26H,7-10,13,24H2,1H3. The quantitative estimate of drug-likeness (QED) is 0.520. The van der Waals surface area contributed by atoms with Gasteiger partial charge in [0.1, 0.15) is 6.04 Å². The number of benzene rings is 2. The first-order valence-electron chi connectivity index (χ1n) is 10.0. The Morgan fingerprint density at radius 1 is 1.16 bits per heavy atom. The number of nitrogens with one attached hydrogen (secondary N) is 2. The molecule has 0 saturated carbocycles. The number of hydrogen-bond acceptors (Lipinski definition) is 5. The molecule has 1 fully saturated rings. The summed E-state index contributed by atoms with van der Waals surface area (Å²) < 4.78 is 28.6. The van der Waals surface area contributed by atoms with Crippen molar-refractivity contribution in [3.8, 4) is 0 Å². The maximum atomic E-state index is 13.2. The van der Waals surface area contributed by atoms with E-state index in [2.05, 4.69) is 17.0 Å². The minimum absolute atomic E-state index is 0.0307. The van der Waals surface area contributed by atoms with Crippen molar-refractivity contribution in [2.45, 2.75) is 30.7 Å². The summed E-state index contributed by atoms with van der Waals surface area (Å²) in [6.45, 7) is 3.43. The maximum Gasteiger partial charge on any atom is 0.242 e. The number of sulfonamides is 1. The highest BCUT2D eigenvalue weighted by molar-refractivity contribution is 7.89. The fourth-order valence-electron chi connectivity index (χ4n) is 3.38. The topological polar surface area (TPSA) is 105 Å². The van der Waals surface area contributed by atoms with Gasteiger partial charge in [0, 0.05) is 25.3 Å². The van der Waals surface area contributed by atoms with E-state index < -0.39 is 16.1 Å². The number of rotatable bonds is 7. The summed E-state index contributed by atoms with van der Waals surface area (Å²) in [6.07, 6.45) is 1.78. The smallest absolute Gasteiger partial charge is 0.242 e. The summed E-state index contributed by atoms with van der Waals surface area (Å²) in [6, 6.07) is 10.7. The molecule has 1 saturated heterocycles. The molecule has 4 N–H and O–H groups in total. The van der Waals surface area contributed by atoms with Gasteiger partial charge >= 0.3 is 0 Å². The summed E-state index contributed by atoms with van der Waals surface area (Å²) in [5, 5.41) is 3.19. The van der Waals surface area contributed by atoms with Crippen molar-refractivity contribution in [1.82, 2.24) is 9.62 Å². The number of halogens is 2. The molecule has 10 heteroatoms. The molecule has 0 bridgehead atoms. The normalized spacial score (nSPS) is 16.2. The Morgan fingerprint density at radius 3 is 2.32 bits per heavy atom. The molecule has 7 nitrogen and oxygen atoms in total. The molecule has 1 aliphatic heterocycles. The fourth-order valence-corrected chi connectivity index (χ4v) is 5.23. The van der Waals surface area contributed by atoms with E-state index in [1.165, 1.54) is 12.1 Å². The first kappa shape index (κ1) is 23.7. The first-order chi connectivity index (χ1) is 14.7. The molecule has 0 radical (unpaired) electrons. The minimum Gasteiger partial charge on any atom is -0.396 e. The number of para-hydroxylation sites is 1. The van der Waals surface area contributed by atoms with Crippen molar-refractivity contribution in [2.75, 3.05) is 30.7 Å². The molecule has 0 spiro atoms. The van der Waals surface area contributed by atoms with E-state index in [-0.39, 0.29) is 33.1 Å². The third kappa shape index (κ3) is 6.04. The number of amides is 1. The van der Waals surface area contributed by atoms with Crippen LogP contribution in [-0.2, 0) is 14.8 Å². The van der Waals surface area contributed by atoms with Crippen LogP contribution in [0.15, 0.2) is 47.4 Å². The summed E-state index contributed by atoms with van der Waals surface area (Å²) in [4.78, 5) is 14.8. The number of nitrogens with zero attached hydrogens (tertiary/aromatic N) is 1. The van der Waals surface area contributed by atoms with Crippen LogP contribution < -0.4 is 15.8 Å². The zero-order valence-corrected chi connectivity index (χ0v) is 19.5. The van der Waals surface area contributed by atoms with Gasteiger partial charge in [-0.05, 0) is 43.0 Å². The number of piperidine rings is 1. The molecule has 0 aliphatic carbocycles. The molecule has 0 aromatic heterocycles. The lowest BCUT2D eigenvalue weighted by Crippen LogP contribution is -2.53. The highest BCUT2D eigenvalue weighted by Gasteiger charge is 2.31. The van der Waals surface area contributed by atoms with Crippen LogP contribution in [0.1, 0.15) is 19.8 Å². The van der Waals surface area contributed by atoms with Crippen molar-refractivity contribution < 1.29 is 13.2 Å². The Hall–Kier alpha value is -2.00. The van der Waals surface area contributed by atoms with Gasteiger partial charge in [0.05, 0.1) is 20.6 Å². The Labute approximate surface area is 192 Å². The Balaban J connectivity index is 1.83. The molecule has 1 aliphatic rings. The van der Waals surface area contributed by atoms with E-state index in [9.17, 15) is 13.2 Å². The van der Waals surface area contributed by atoms with Crippen LogP contribution >= 0.6 is 23.2 Å². The molecule has 1 amide bonds. The molecular formula is C21H26Cl2N4O3S. The second kappa shape index (κ2) is 10.1. The van der Waals surface area contributed by atoms with E-state index in [1.807, 2.05) is 30.3 Å². The highest BCUT2D eigenvalue weighted by atomic mass is 35.5. The molecule has 1 atom stereocenters. The third-order valence-electron chi connectivity index (χ3n) is 5.34. The number of carbonyl (C=O) groups is 1. The molecule has 168 valence electrons. The lowest BCUT2D eigenvalue weighted by Gasteiger charge is -2.33. The fraction of sp³-hybridized carbons (Fsp3) is 0.381. The number of nitrogen functional groups attached to an aromatic ring is 1. The SMILES string of the molecule is CC1CCN(C(=O)C(CNc2ccccc2)NS(=O)(=O)c2cc(Cl)c(N)c(Cl)c2)CC1. The van der Waals surface area contributed by atoms with Crippen LogP contribution in [0.3, 0.4) is 0 Å². The van der Waals surface area contributed by atoms with Crippen LogP contribution in [0.5, 0.6) is 0 Å². The van der Waals surface area contributed by atoms with Crippen LogP contribution in [0.2, 0.25) is 10.0 Å². The van der Waals surface area contributed by atoms with Crippen molar-refractivity contribution in [2.24, 2.45) is 5.92 Å². The predicted molar refractivity (Wildman–Crippen MR) is 125 cm³/mol. The average molecular weight is 485 g/mol. The van der Waals surface area contributed by atoms with E-state index in [0.29, 0.717) is 19.0 Å². The van der Waals surface area contributed by atoms with Gasteiger partial charge in [-0.3, -0.25) is 4.79 Å². The minimum atomic E-state index is -4.08. The average Bonchev–Trinajstić information content (AvgIpc) is 2.75. The maximum absolute atomic E-state index is 13.2. The summed E-state index contributed by atoms with van der Waals surface area (Å²) >= 11 is 12.0. The molecule has 31 heavy (non-hydrogen) atoms. The lowest BCUT2D eigenvalue weighted by molar-refractivity contribution is -0.134. The van der Waals surface area contributed by atoms with Gasteiger partial charge in [0.25, 0.3) is 0 Å². The Bertz CT molecular complexity index is 1000. The second-order valence-electron chi connectivity index (χ2n) is 7.73. The van der Waals surface area contributed by atoms with E-state index in [1.54, 1.807) is 4.90 Å². The molecule has 1 heterocycles. The lowest BCUT2D eigenvalue weighted by atomic mass is 9.99. The van der Waals surface area contributed by atoms with Crippen molar-refractivity contribution >= 4 is 50.5 Å². The van der Waals surface area contributed by atoms with Gasteiger partial charge in [-0.25, -0.2) is 8.42 Å². The number of anilines is 2. The van der Waals surface area contributed by atoms with Crippen molar-refractivity contribution in [1.29, 1.82) is 0 Å². The second-order valence-corrected chi connectivity index (χ2v) is 10.3. The Morgan fingerprint density at radius 2 is 1.74 bits per heavy atom. The monoisotopic (exact) mass is 484 g/mol. The van der Waals surface area contributed by atoms with Crippen LogP contribution in [0.25, 0.3) is 0 Å². The van der Waals surface area contributed by atoms with Gasteiger partial charge in [-0.1, -0.05) is 48.3 Å². The number of likely N-dealkylation sites (tertiary alicyclic amines) is 1. The van der Waals surface area contributed by atoms with Gasteiger partial charge in [0.2, 0.25) is 15.9 Å². The van der Waals surface area contributed by atoms with Gasteiger partial charge in [0.15, 0.2) is 0 Å². The molecule has 2 aromatic rings. The predicted octanol–water partition coefficient (Wildman–Crippen LogP) is 3.59. The first-order valence-corrected chi connectivity index (χ1v) is 12.3. The number of carbonyl (C=O) groups excluding carboxylic acids is 1. The van der Waals surface area contributed by atoms with Crippen molar-refractivity contribution in [3.05, 3.63) is 52.5 Å². The van der Waals surface area contributed by atoms with Crippen molar-refractivity contribution in [3.63, 3.8) is 0 Å². The molecular weight excluding hydrogens is 459 g/mol. The number of hydrogen-bond donors (Lipinski definition) is 3. The highest BCUT2D eigenvalue weighted by Crippen LogP contribution is 2.30. The molecule has 3 rings (SSSR count). The largest absolute Gasteiger partial charge is 0.396 e. The van der Waals surface area contributed by atoms with E-state index >= 15 is 0 Å². The molecule has 2 aromatic carbocycles. The zero-order chi connectivity index (χ0) is 22.6. The van der Waals surface area contributed by atoms with E-state index in [4.69, 9.17) is 28.9 Å². The van der Waals surface area contributed by atoms with E-state index in [0.717, 1.165) is 18.5 Å². The Kier molecular flexibility index (Phi) is 7.69. The third-order valence-corrected chi connectivity index (χ3v) is 7.41. The van der Waals surface area contributed by atoms with Gasteiger partial charge in [-0.2, -0.15) is 4.72 Å². The van der Waals surface area contributed by atoms with Gasteiger partial charge < -0.3 is 16.0 Å². The van der Waals surface area contributed by atoms with Gasteiger partial charge in [-0.15, -0.1) is 0 Å². The summed E-state index contributed by atoms with van der Waals surface area (Å²) in [5.74, 6) is 0.271. The zero-order valence-electron chi connectivity index (χ0n) is 17.1. The summed E-state index contributed by atoms with van der Waals surface area (Å²) in [7, 11) is -4.08.